The lowest BCUT2D eigenvalue weighted by atomic mass is 9.93. The molecular formula is C20H26N2O2. The molecule has 1 N–H and O–H groups in total. The van der Waals surface area contributed by atoms with E-state index in [4.69, 9.17) is 0 Å². The van der Waals surface area contributed by atoms with Gasteiger partial charge in [0, 0.05) is 31.1 Å². The number of rotatable bonds is 4. The Morgan fingerprint density at radius 3 is 2.46 bits per heavy atom. The molecule has 1 aromatic rings. The minimum absolute atomic E-state index is 0.106. The van der Waals surface area contributed by atoms with Crippen LogP contribution in [0.1, 0.15) is 54.4 Å². The molecule has 128 valence electrons. The fourth-order valence-electron chi connectivity index (χ4n) is 3.41. The molecule has 1 aliphatic carbocycles. The molecule has 0 bridgehead atoms. The number of carbonyl (C=O) groups excluding carboxylic acids is 2. The molecule has 0 aromatic heterocycles. The first kappa shape index (κ1) is 16.7. The molecule has 2 amide bonds. The van der Waals surface area contributed by atoms with E-state index in [2.05, 4.69) is 17.5 Å². The summed E-state index contributed by atoms with van der Waals surface area (Å²) in [5.41, 5.74) is 1.77. The van der Waals surface area contributed by atoms with Crippen molar-refractivity contribution in [1.82, 2.24) is 10.2 Å². The minimum Gasteiger partial charge on any atom is -0.352 e. The van der Waals surface area contributed by atoms with Gasteiger partial charge in [0.2, 0.25) is 5.91 Å². The van der Waals surface area contributed by atoms with E-state index in [1.54, 1.807) is 0 Å². The Balaban J connectivity index is 1.51. The van der Waals surface area contributed by atoms with Crippen molar-refractivity contribution in [2.24, 2.45) is 5.92 Å². The number of hydrogen-bond donors (Lipinski definition) is 1. The van der Waals surface area contributed by atoms with Crippen molar-refractivity contribution in [2.45, 2.75) is 45.1 Å². The monoisotopic (exact) mass is 326 g/mol. The van der Waals surface area contributed by atoms with Crippen molar-refractivity contribution < 1.29 is 9.59 Å². The van der Waals surface area contributed by atoms with E-state index in [-0.39, 0.29) is 17.7 Å². The summed E-state index contributed by atoms with van der Waals surface area (Å²) in [5, 5.41) is 3.01. The molecule has 0 saturated carbocycles. The van der Waals surface area contributed by atoms with Crippen molar-refractivity contribution in [3.63, 3.8) is 0 Å². The molecule has 1 unspecified atom stereocenters. The lowest BCUT2D eigenvalue weighted by Gasteiger charge is -2.26. The molecule has 1 heterocycles. The van der Waals surface area contributed by atoms with Crippen LogP contribution in [-0.2, 0) is 11.3 Å². The Morgan fingerprint density at radius 1 is 1.04 bits per heavy atom. The zero-order chi connectivity index (χ0) is 16.8. The van der Waals surface area contributed by atoms with Crippen molar-refractivity contribution in [3.05, 3.63) is 47.5 Å². The van der Waals surface area contributed by atoms with Crippen molar-refractivity contribution >= 4 is 11.8 Å². The van der Waals surface area contributed by atoms with Crippen molar-refractivity contribution in [1.29, 1.82) is 0 Å². The summed E-state index contributed by atoms with van der Waals surface area (Å²) in [6, 6.07) is 7.64. The van der Waals surface area contributed by atoms with Crippen molar-refractivity contribution in [2.75, 3.05) is 13.1 Å². The SMILES string of the molecule is O=C(NCc1ccc(C(=O)N2CCCCC2)cc1)C1CC=CCC1. The van der Waals surface area contributed by atoms with Crippen LogP contribution in [0.5, 0.6) is 0 Å². The largest absolute Gasteiger partial charge is 0.352 e. The van der Waals surface area contributed by atoms with Gasteiger partial charge in [-0.1, -0.05) is 24.3 Å². The van der Waals surface area contributed by atoms with E-state index >= 15 is 0 Å². The fraction of sp³-hybridized carbons (Fsp3) is 0.500. The number of amides is 2. The van der Waals surface area contributed by atoms with Crippen molar-refractivity contribution in [3.8, 4) is 0 Å². The number of nitrogens with zero attached hydrogens (tertiary/aromatic N) is 1. The summed E-state index contributed by atoms with van der Waals surface area (Å²) in [7, 11) is 0. The molecule has 3 rings (SSSR count). The summed E-state index contributed by atoms with van der Waals surface area (Å²) >= 11 is 0. The summed E-state index contributed by atoms with van der Waals surface area (Å²) in [6.45, 7) is 2.26. The molecule has 0 spiro atoms. The summed E-state index contributed by atoms with van der Waals surface area (Å²) < 4.78 is 0. The predicted octanol–water partition coefficient (Wildman–Crippen LogP) is 3.29. The highest BCUT2D eigenvalue weighted by Crippen LogP contribution is 2.18. The predicted molar refractivity (Wildman–Crippen MR) is 94.5 cm³/mol. The third-order valence-electron chi connectivity index (χ3n) is 4.95. The molecule has 2 aliphatic rings. The molecule has 1 fully saturated rings. The first-order chi connectivity index (χ1) is 11.7. The van der Waals surface area contributed by atoms with Gasteiger partial charge in [-0.2, -0.15) is 0 Å². The van der Waals surface area contributed by atoms with Crippen LogP contribution < -0.4 is 5.32 Å². The van der Waals surface area contributed by atoms with Gasteiger partial charge in [0.05, 0.1) is 0 Å². The molecule has 1 saturated heterocycles. The Labute approximate surface area is 143 Å². The number of hydrogen-bond acceptors (Lipinski definition) is 2. The number of piperidine rings is 1. The van der Waals surface area contributed by atoms with E-state index in [0.717, 1.165) is 56.3 Å². The van der Waals surface area contributed by atoms with Gasteiger partial charge in [0.15, 0.2) is 0 Å². The van der Waals surface area contributed by atoms with Gasteiger partial charge in [-0.15, -0.1) is 0 Å². The maximum absolute atomic E-state index is 12.4. The fourth-order valence-corrected chi connectivity index (χ4v) is 3.41. The second-order valence-corrected chi connectivity index (χ2v) is 6.75. The summed E-state index contributed by atoms with van der Waals surface area (Å²) in [5.74, 6) is 0.363. The van der Waals surface area contributed by atoms with Gasteiger partial charge < -0.3 is 10.2 Å². The highest BCUT2D eigenvalue weighted by molar-refractivity contribution is 5.94. The molecule has 0 radical (unpaired) electrons. The molecular weight excluding hydrogens is 300 g/mol. The van der Waals surface area contributed by atoms with Gasteiger partial charge in [-0.3, -0.25) is 9.59 Å². The second-order valence-electron chi connectivity index (χ2n) is 6.75. The van der Waals surface area contributed by atoms with E-state index in [0.29, 0.717) is 6.54 Å². The van der Waals surface area contributed by atoms with Gasteiger partial charge in [0.1, 0.15) is 0 Å². The first-order valence-corrected chi connectivity index (χ1v) is 9.05. The molecule has 1 aromatic carbocycles. The zero-order valence-corrected chi connectivity index (χ0v) is 14.2. The van der Waals surface area contributed by atoms with Crippen LogP contribution in [-0.4, -0.2) is 29.8 Å². The van der Waals surface area contributed by atoms with Crippen LogP contribution in [0, 0.1) is 5.92 Å². The van der Waals surface area contributed by atoms with Gasteiger partial charge in [-0.25, -0.2) is 0 Å². The summed E-state index contributed by atoms with van der Waals surface area (Å²) in [4.78, 5) is 26.5. The molecule has 24 heavy (non-hydrogen) atoms. The van der Waals surface area contributed by atoms with Gasteiger partial charge in [0.25, 0.3) is 5.91 Å². The van der Waals surface area contributed by atoms with Crippen LogP contribution >= 0.6 is 0 Å². The normalized spacial score (nSPS) is 20.7. The molecule has 4 nitrogen and oxygen atoms in total. The van der Waals surface area contributed by atoms with Crippen LogP contribution in [0.2, 0.25) is 0 Å². The molecule has 4 heteroatoms. The average molecular weight is 326 g/mol. The maximum atomic E-state index is 12.4. The average Bonchev–Trinajstić information content (AvgIpc) is 2.67. The van der Waals surface area contributed by atoms with E-state index in [9.17, 15) is 9.59 Å². The second kappa shape index (κ2) is 8.13. The number of carbonyl (C=O) groups is 2. The Bertz CT molecular complexity index is 601. The Hall–Kier alpha value is -2.10. The smallest absolute Gasteiger partial charge is 0.253 e. The topological polar surface area (TPSA) is 49.4 Å². The van der Waals surface area contributed by atoms with E-state index in [1.807, 2.05) is 29.2 Å². The Kier molecular flexibility index (Phi) is 5.68. The zero-order valence-electron chi connectivity index (χ0n) is 14.2. The van der Waals surface area contributed by atoms with Crippen LogP contribution in [0.15, 0.2) is 36.4 Å². The highest BCUT2D eigenvalue weighted by atomic mass is 16.2. The highest BCUT2D eigenvalue weighted by Gasteiger charge is 2.19. The maximum Gasteiger partial charge on any atom is 0.253 e. The van der Waals surface area contributed by atoms with Crippen LogP contribution in [0.4, 0.5) is 0 Å². The number of benzene rings is 1. The molecule has 1 aliphatic heterocycles. The van der Waals surface area contributed by atoms with Gasteiger partial charge in [-0.05, 0) is 56.2 Å². The number of nitrogens with one attached hydrogen (secondary N) is 1. The lowest BCUT2D eigenvalue weighted by molar-refractivity contribution is -0.125. The molecule has 1 atom stereocenters. The first-order valence-electron chi connectivity index (χ1n) is 9.05. The third kappa shape index (κ3) is 4.25. The summed E-state index contributed by atoms with van der Waals surface area (Å²) in [6.07, 6.45) is 10.4. The lowest BCUT2D eigenvalue weighted by Crippen LogP contribution is -2.35. The van der Waals surface area contributed by atoms with Crippen LogP contribution in [0.25, 0.3) is 0 Å². The number of allylic oxidation sites excluding steroid dienone is 2. The minimum atomic E-state index is 0.106. The van der Waals surface area contributed by atoms with Crippen LogP contribution in [0.3, 0.4) is 0 Å². The number of likely N-dealkylation sites (tertiary alicyclic amines) is 1. The van der Waals surface area contributed by atoms with E-state index < -0.39 is 0 Å². The Morgan fingerprint density at radius 2 is 1.79 bits per heavy atom. The van der Waals surface area contributed by atoms with E-state index in [1.165, 1.54) is 6.42 Å². The standard InChI is InChI=1S/C20H26N2O2/c23-19(17-7-3-1-4-8-17)21-15-16-9-11-18(12-10-16)20(24)22-13-5-2-6-14-22/h1,3,9-12,17H,2,4-8,13-15H2,(H,21,23). The quantitative estimate of drug-likeness (QED) is 0.863. The third-order valence-corrected chi connectivity index (χ3v) is 4.95. The van der Waals surface area contributed by atoms with Gasteiger partial charge >= 0.3 is 0 Å².